The van der Waals surface area contributed by atoms with Gasteiger partial charge in [-0.25, -0.2) is 4.79 Å². The molecule has 1 aliphatic heterocycles. The van der Waals surface area contributed by atoms with Crippen molar-refractivity contribution in [3.8, 4) is 5.75 Å². The summed E-state index contributed by atoms with van der Waals surface area (Å²) in [5.41, 5.74) is 2.49. The number of carbonyl (C=O) groups is 1. The number of carboxylic acids is 1. The van der Waals surface area contributed by atoms with Crippen molar-refractivity contribution in [3.05, 3.63) is 65.4 Å². The fourth-order valence-electron chi connectivity index (χ4n) is 2.98. The maximum atomic E-state index is 11.1. The van der Waals surface area contributed by atoms with E-state index < -0.39 is 5.97 Å². The molecule has 2 unspecified atom stereocenters. The monoisotopic (exact) mass is 327 g/mol. The van der Waals surface area contributed by atoms with E-state index in [1.807, 2.05) is 19.9 Å². The van der Waals surface area contributed by atoms with Gasteiger partial charge in [0.15, 0.2) is 0 Å². The molecule has 0 saturated carbocycles. The van der Waals surface area contributed by atoms with Gasteiger partial charge in [-0.2, -0.15) is 0 Å². The predicted molar refractivity (Wildman–Crippen MR) is 96.2 cm³/mol. The summed E-state index contributed by atoms with van der Waals surface area (Å²) in [4.78, 5) is 13.3. The number of benzene rings is 1. The molecule has 0 radical (unpaired) electrons. The molecule has 3 rings (SSSR count). The molecule has 1 heterocycles. The van der Waals surface area contributed by atoms with E-state index in [-0.39, 0.29) is 5.56 Å². The van der Waals surface area contributed by atoms with E-state index in [9.17, 15) is 4.79 Å². The number of methoxy groups -OCH3 is 1. The van der Waals surface area contributed by atoms with Crippen LogP contribution >= 0.6 is 0 Å². The Balaban J connectivity index is 0.00000100. The number of ether oxygens (including phenoxy) is 1. The molecule has 1 aromatic rings. The maximum absolute atomic E-state index is 11.1. The number of fused-ring (bicyclic) bond motifs is 1. The SMILES string of the molecule is CC.COc1cc(C(=O)O)ccc1CN1C=CC2C=CC(C)=CC21. The van der Waals surface area contributed by atoms with E-state index in [0.717, 1.165) is 5.56 Å². The van der Waals surface area contributed by atoms with E-state index in [1.165, 1.54) is 5.57 Å². The Morgan fingerprint density at radius 2 is 2.04 bits per heavy atom. The smallest absolute Gasteiger partial charge is 0.335 e. The molecular formula is C20H25NO3. The number of rotatable bonds is 4. The van der Waals surface area contributed by atoms with Crippen molar-refractivity contribution in [2.45, 2.75) is 33.4 Å². The van der Waals surface area contributed by atoms with Crippen molar-refractivity contribution in [2.75, 3.05) is 7.11 Å². The van der Waals surface area contributed by atoms with E-state index in [1.54, 1.807) is 19.2 Å². The third-order valence-electron chi connectivity index (χ3n) is 4.18. The lowest BCUT2D eigenvalue weighted by Crippen LogP contribution is -2.30. The lowest BCUT2D eigenvalue weighted by atomic mass is 9.93. The average Bonchev–Trinajstić information content (AvgIpc) is 2.99. The van der Waals surface area contributed by atoms with Crippen molar-refractivity contribution < 1.29 is 14.6 Å². The van der Waals surface area contributed by atoms with Crippen LogP contribution in [0.2, 0.25) is 0 Å². The molecule has 4 heteroatoms. The van der Waals surface area contributed by atoms with Crippen LogP contribution in [0.15, 0.2) is 54.3 Å². The van der Waals surface area contributed by atoms with E-state index in [4.69, 9.17) is 9.84 Å². The van der Waals surface area contributed by atoms with Gasteiger partial charge >= 0.3 is 5.97 Å². The Morgan fingerprint density at radius 3 is 2.71 bits per heavy atom. The van der Waals surface area contributed by atoms with Crippen LogP contribution in [0.4, 0.5) is 0 Å². The maximum Gasteiger partial charge on any atom is 0.335 e. The third-order valence-corrected chi connectivity index (χ3v) is 4.18. The van der Waals surface area contributed by atoms with Crippen LogP contribution in [0.1, 0.15) is 36.7 Å². The van der Waals surface area contributed by atoms with E-state index in [2.05, 4.69) is 42.3 Å². The standard InChI is InChI=1S/C18H19NO3.C2H6/c1-12-3-4-13-7-8-19(16(13)9-12)11-15-6-5-14(18(20)21)10-17(15)22-2;1-2/h3-10,13,16H,11H2,1-2H3,(H,20,21);1-2H3. The minimum absolute atomic E-state index is 0.242. The average molecular weight is 327 g/mol. The van der Waals surface area contributed by atoms with Crippen LogP contribution < -0.4 is 4.74 Å². The number of carboxylic acid groups (broad SMARTS) is 1. The first kappa shape index (κ1) is 17.9. The zero-order valence-electron chi connectivity index (χ0n) is 14.7. The van der Waals surface area contributed by atoms with Crippen LogP contribution in [0.5, 0.6) is 5.75 Å². The lowest BCUT2D eigenvalue weighted by Gasteiger charge is -2.29. The van der Waals surface area contributed by atoms with E-state index in [0.29, 0.717) is 24.3 Å². The summed E-state index contributed by atoms with van der Waals surface area (Å²) >= 11 is 0. The second-order valence-electron chi connectivity index (χ2n) is 5.68. The molecule has 4 nitrogen and oxygen atoms in total. The molecule has 0 fully saturated rings. The predicted octanol–water partition coefficient (Wildman–Crippen LogP) is 4.25. The van der Waals surface area contributed by atoms with Gasteiger partial charge in [0.05, 0.1) is 18.7 Å². The molecule has 0 aromatic heterocycles. The number of aromatic carboxylic acids is 1. The van der Waals surface area contributed by atoms with Crippen molar-refractivity contribution in [1.29, 1.82) is 0 Å². The van der Waals surface area contributed by atoms with Crippen LogP contribution in [0.25, 0.3) is 0 Å². The first-order chi connectivity index (χ1) is 11.6. The van der Waals surface area contributed by atoms with Gasteiger partial charge in [0.1, 0.15) is 5.75 Å². The van der Waals surface area contributed by atoms with Crippen LogP contribution in [0.3, 0.4) is 0 Å². The quantitative estimate of drug-likeness (QED) is 0.898. The molecular weight excluding hydrogens is 302 g/mol. The summed E-state index contributed by atoms with van der Waals surface area (Å²) in [6, 6.07) is 5.36. The highest BCUT2D eigenvalue weighted by atomic mass is 16.5. The van der Waals surface area contributed by atoms with Crippen molar-refractivity contribution >= 4 is 5.97 Å². The minimum atomic E-state index is -0.943. The highest BCUT2D eigenvalue weighted by molar-refractivity contribution is 5.88. The molecule has 0 saturated heterocycles. The Morgan fingerprint density at radius 1 is 1.29 bits per heavy atom. The van der Waals surface area contributed by atoms with Crippen LogP contribution in [-0.4, -0.2) is 29.1 Å². The molecule has 1 aromatic carbocycles. The van der Waals surface area contributed by atoms with Gasteiger partial charge in [0.25, 0.3) is 0 Å². The summed E-state index contributed by atoms with van der Waals surface area (Å²) in [7, 11) is 1.57. The van der Waals surface area contributed by atoms with Crippen LogP contribution in [0, 0.1) is 5.92 Å². The normalized spacial score (nSPS) is 20.8. The number of hydrogen-bond acceptors (Lipinski definition) is 3. The van der Waals surface area contributed by atoms with Gasteiger partial charge < -0.3 is 14.7 Å². The summed E-state index contributed by atoms with van der Waals surface area (Å²) in [5.74, 6) is 0.0822. The molecule has 128 valence electrons. The highest BCUT2D eigenvalue weighted by Gasteiger charge is 2.28. The first-order valence-electron chi connectivity index (χ1n) is 8.29. The Bertz CT molecular complexity index is 688. The first-order valence-corrected chi connectivity index (χ1v) is 8.29. The fraction of sp³-hybridized carbons (Fsp3) is 0.350. The number of allylic oxidation sites excluding steroid dienone is 2. The molecule has 0 bridgehead atoms. The van der Waals surface area contributed by atoms with Gasteiger partial charge in [-0.15, -0.1) is 0 Å². The number of nitrogens with zero attached hydrogens (tertiary/aromatic N) is 1. The molecule has 1 aliphatic carbocycles. The van der Waals surface area contributed by atoms with Crippen molar-refractivity contribution in [1.82, 2.24) is 4.90 Å². The molecule has 2 atom stereocenters. The molecule has 24 heavy (non-hydrogen) atoms. The molecule has 2 aliphatic rings. The summed E-state index contributed by atoms with van der Waals surface area (Å²) in [6.45, 7) is 6.80. The Hall–Kier alpha value is -2.49. The molecule has 1 N–H and O–H groups in total. The largest absolute Gasteiger partial charge is 0.496 e. The van der Waals surface area contributed by atoms with Gasteiger partial charge in [-0.05, 0) is 25.3 Å². The fourth-order valence-corrected chi connectivity index (χ4v) is 2.98. The lowest BCUT2D eigenvalue weighted by molar-refractivity contribution is 0.0696. The number of hydrogen-bond donors (Lipinski definition) is 1. The Kier molecular flexibility index (Phi) is 5.85. The minimum Gasteiger partial charge on any atom is -0.496 e. The zero-order chi connectivity index (χ0) is 17.7. The third kappa shape index (κ3) is 3.70. The van der Waals surface area contributed by atoms with Gasteiger partial charge in [-0.1, -0.05) is 49.8 Å². The zero-order valence-corrected chi connectivity index (χ0v) is 14.7. The van der Waals surface area contributed by atoms with E-state index >= 15 is 0 Å². The topological polar surface area (TPSA) is 49.8 Å². The second-order valence-corrected chi connectivity index (χ2v) is 5.68. The van der Waals surface area contributed by atoms with Crippen molar-refractivity contribution in [2.24, 2.45) is 5.92 Å². The van der Waals surface area contributed by atoms with Gasteiger partial charge in [0.2, 0.25) is 0 Å². The Labute approximate surface area is 143 Å². The summed E-state index contributed by atoms with van der Waals surface area (Å²) in [5, 5.41) is 9.07. The van der Waals surface area contributed by atoms with Gasteiger partial charge in [0, 0.05) is 18.0 Å². The molecule has 0 amide bonds. The summed E-state index contributed by atoms with van der Waals surface area (Å²) in [6.07, 6.45) is 10.9. The van der Waals surface area contributed by atoms with Gasteiger partial charge in [-0.3, -0.25) is 0 Å². The second kappa shape index (κ2) is 7.86. The van der Waals surface area contributed by atoms with Crippen molar-refractivity contribution in [3.63, 3.8) is 0 Å². The highest BCUT2D eigenvalue weighted by Crippen LogP contribution is 2.31. The van der Waals surface area contributed by atoms with Crippen LogP contribution in [-0.2, 0) is 6.54 Å². The molecule has 0 spiro atoms. The summed E-state index contributed by atoms with van der Waals surface area (Å²) < 4.78 is 5.36.